The van der Waals surface area contributed by atoms with Crippen LogP contribution in [0, 0.1) is 0 Å². The predicted octanol–water partition coefficient (Wildman–Crippen LogP) is 1.43. The molecule has 0 radical (unpaired) electrons. The van der Waals surface area contributed by atoms with Gasteiger partial charge in [0.1, 0.15) is 0 Å². The van der Waals surface area contributed by atoms with E-state index < -0.39 is 23.5 Å². The van der Waals surface area contributed by atoms with E-state index in [0.717, 1.165) is 0 Å². The highest BCUT2D eigenvalue weighted by Crippen LogP contribution is 2.48. The number of rotatable bonds is 1. The Morgan fingerprint density at radius 2 is 1.81 bits per heavy atom. The zero-order valence-electron chi connectivity index (χ0n) is 9.35. The molecule has 2 unspecified atom stereocenters. The lowest BCUT2D eigenvalue weighted by atomic mass is 9.74. The second-order valence-corrected chi connectivity index (χ2v) is 5.19. The highest BCUT2D eigenvalue weighted by atomic mass is 19.3. The Morgan fingerprint density at radius 1 is 1.06 bits per heavy atom. The minimum Gasteiger partial charge on any atom is -0.388 e. The second-order valence-electron chi connectivity index (χ2n) is 5.19. The summed E-state index contributed by atoms with van der Waals surface area (Å²) in [4.78, 5) is 0. The van der Waals surface area contributed by atoms with Crippen molar-refractivity contribution in [2.24, 2.45) is 5.73 Å². The normalized spacial score (nSPS) is 44.2. The van der Waals surface area contributed by atoms with Crippen LogP contribution in [0.25, 0.3) is 0 Å². The SMILES string of the molecule is NC1(C2(O)CCCOCC2)CCC(F)(F)C1. The second kappa shape index (κ2) is 3.89. The molecular formula is C11H19F2NO2. The van der Waals surface area contributed by atoms with E-state index in [1.165, 1.54) is 0 Å². The number of aliphatic hydroxyl groups is 1. The molecule has 2 fully saturated rings. The van der Waals surface area contributed by atoms with Crippen molar-refractivity contribution >= 4 is 0 Å². The van der Waals surface area contributed by atoms with E-state index in [0.29, 0.717) is 32.5 Å². The smallest absolute Gasteiger partial charge is 0.250 e. The molecule has 1 saturated carbocycles. The summed E-state index contributed by atoms with van der Waals surface area (Å²) in [6.45, 7) is 0.982. The summed E-state index contributed by atoms with van der Waals surface area (Å²) in [6.07, 6.45) is 1.07. The molecule has 1 saturated heterocycles. The molecular weight excluding hydrogens is 216 g/mol. The van der Waals surface area contributed by atoms with E-state index in [-0.39, 0.29) is 12.8 Å². The summed E-state index contributed by atoms with van der Waals surface area (Å²) in [5.41, 5.74) is 3.69. The van der Waals surface area contributed by atoms with Crippen molar-refractivity contribution in [3.63, 3.8) is 0 Å². The van der Waals surface area contributed by atoms with Crippen LogP contribution in [0.5, 0.6) is 0 Å². The lowest BCUT2D eigenvalue weighted by Crippen LogP contribution is -2.59. The quantitative estimate of drug-likeness (QED) is 0.723. The third-order valence-electron chi connectivity index (χ3n) is 3.98. The summed E-state index contributed by atoms with van der Waals surface area (Å²) < 4.78 is 31.7. The van der Waals surface area contributed by atoms with Gasteiger partial charge in [-0.1, -0.05) is 0 Å². The first-order chi connectivity index (χ1) is 7.37. The van der Waals surface area contributed by atoms with Gasteiger partial charge in [-0.3, -0.25) is 0 Å². The molecule has 1 aliphatic heterocycles. The Bertz CT molecular complexity index is 257. The maximum Gasteiger partial charge on any atom is 0.250 e. The Labute approximate surface area is 94.0 Å². The average molecular weight is 235 g/mol. The van der Waals surface area contributed by atoms with Crippen molar-refractivity contribution in [1.82, 2.24) is 0 Å². The van der Waals surface area contributed by atoms with E-state index in [1.54, 1.807) is 0 Å². The zero-order valence-corrected chi connectivity index (χ0v) is 9.35. The lowest BCUT2D eigenvalue weighted by Gasteiger charge is -2.41. The first-order valence-electron chi connectivity index (χ1n) is 5.84. The van der Waals surface area contributed by atoms with Gasteiger partial charge in [0.15, 0.2) is 0 Å². The van der Waals surface area contributed by atoms with Crippen LogP contribution in [0.15, 0.2) is 0 Å². The van der Waals surface area contributed by atoms with Crippen molar-refractivity contribution in [2.45, 2.75) is 55.6 Å². The number of alkyl halides is 2. The molecule has 5 heteroatoms. The highest BCUT2D eigenvalue weighted by molar-refractivity contribution is 5.10. The maximum absolute atomic E-state index is 13.2. The summed E-state index contributed by atoms with van der Waals surface area (Å²) >= 11 is 0. The number of halogens is 2. The van der Waals surface area contributed by atoms with Crippen LogP contribution in [-0.2, 0) is 4.74 Å². The Hall–Kier alpha value is -0.260. The van der Waals surface area contributed by atoms with Crippen LogP contribution in [0.1, 0.15) is 38.5 Å². The molecule has 3 N–H and O–H groups in total. The van der Waals surface area contributed by atoms with Crippen LogP contribution < -0.4 is 5.73 Å². The molecule has 3 nitrogen and oxygen atoms in total. The van der Waals surface area contributed by atoms with Gasteiger partial charge in [0.2, 0.25) is 5.92 Å². The molecule has 16 heavy (non-hydrogen) atoms. The highest BCUT2D eigenvalue weighted by Gasteiger charge is 2.57. The minimum atomic E-state index is -2.72. The van der Waals surface area contributed by atoms with E-state index in [9.17, 15) is 13.9 Å². The minimum absolute atomic E-state index is 0.191. The number of nitrogens with two attached hydrogens (primary N) is 1. The van der Waals surface area contributed by atoms with Gasteiger partial charge in [0.05, 0.1) is 11.1 Å². The van der Waals surface area contributed by atoms with Crippen LogP contribution in [0.4, 0.5) is 8.78 Å². The third-order valence-corrected chi connectivity index (χ3v) is 3.98. The maximum atomic E-state index is 13.2. The molecule has 1 aliphatic carbocycles. The summed E-state index contributed by atoms with van der Waals surface area (Å²) in [7, 11) is 0. The predicted molar refractivity (Wildman–Crippen MR) is 55.3 cm³/mol. The van der Waals surface area contributed by atoms with Gasteiger partial charge in [-0.05, 0) is 19.3 Å². The van der Waals surface area contributed by atoms with E-state index >= 15 is 0 Å². The molecule has 0 bridgehead atoms. The standard InChI is InChI=1S/C11H19F2NO2/c12-11(13)4-3-9(14,8-11)10(15)2-1-6-16-7-5-10/h15H,1-8,14H2. The fraction of sp³-hybridized carbons (Fsp3) is 1.00. The molecule has 0 aromatic carbocycles. The van der Waals surface area contributed by atoms with Crippen LogP contribution in [0.2, 0.25) is 0 Å². The van der Waals surface area contributed by atoms with Gasteiger partial charge in [0, 0.05) is 32.5 Å². The van der Waals surface area contributed by atoms with Crippen molar-refractivity contribution in [2.75, 3.05) is 13.2 Å². The Morgan fingerprint density at radius 3 is 2.44 bits per heavy atom. The van der Waals surface area contributed by atoms with Gasteiger partial charge in [-0.15, -0.1) is 0 Å². The molecule has 0 aromatic heterocycles. The van der Waals surface area contributed by atoms with Gasteiger partial charge < -0.3 is 15.6 Å². The van der Waals surface area contributed by atoms with Gasteiger partial charge >= 0.3 is 0 Å². The fourth-order valence-corrected chi connectivity index (χ4v) is 2.87. The van der Waals surface area contributed by atoms with Gasteiger partial charge in [0.25, 0.3) is 0 Å². The summed E-state index contributed by atoms with van der Waals surface area (Å²) in [5.74, 6) is -2.72. The number of hydrogen-bond acceptors (Lipinski definition) is 3. The van der Waals surface area contributed by atoms with Gasteiger partial charge in [-0.25, -0.2) is 8.78 Å². The molecule has 2 rings (SSSR count). The van der Waals surface area contributed by atoms with Crippen molar-refractivity contribution in [1.29, 1.82) is 0 Å². The van der Waals surface area contributed by atoms with Crippen molar-refractivity contribution < 1.29 is 18.6 Å². The number of hydrogen-bond donors (Lipinski definition) is 2. The van der Waals surface area contributed by atoms with Crippen LogP contribution in [-0.4, -0.2) is 35.4 Å². The first kappa shape index (κ1) is 12.2. The van der Waals surface area contributed by atoms with Crippen LogP contribution >= 0.6 is 0 Å². The van der Waals surface area contributed by atoms with E-state index in [4.69, 9.17) is 10.5 Å². The third kappa shape index (κ3) is 2.08. The first-order valence-corrected chi connectivity index (χ1v) is 5.84. The lowest BCUT2D eigenvalue weighted by molar-refractivity contribution is -0.0692. The molecule has 2 atom stereocenters. The monoisotopic (exact) mass is 235 g/mol. The van der Waals surface area contributed by atoms with Crippen molar-refractivity contribution in [3.05, 3.63) is 0 Å². The zero-order chi connectivity index (χ0) is 11.9. The molecule has 0 amide bonds. The van der Waals surface area contributed by atoms with E-state index in [1.807, 2.05) is 0 Å². The topological polar surface area (TPSA) is 55.5 Å². The average Bonchev–Trinajstić information content (AvgIpc) is 2.40. The summed E-state index contributed by atoms with van der Waals surface area (Å²) in [6, 6.07) is 0. The molecule has 1 heterocycles. The van der Waals surface area contributed by atoms with Crippen LogP contribution in [0.3, 0.4) is 0 Å². The fourth-order valence-electron chi connectivity index (χ4n) is 2.87. The molecule has 94 valence electrons. The number of ether oxygens (including phenoxy) is 1. The van der Waals surface area contributed by atoms with E-state index in [2.05, 4.69) is 0 Å². The molecule has 2 aliphatic rings. The Kier molecular flexibility index (Phi) is 2.97. The molecule has 0 spiro atoms. The van der Waals surface area contributed by atoms with Crippen molar-refractivity contribution in [3.8, 4) is 0 Å². The van der Waals surface area contributed by atoms with Gasteiger partial charge in [-0.2, -0.15) is 0 Å². The largest absolute Gasteiger partial charge is 0.388 e. The summed E-state index contributed by atoms with van der Waals surface area (Å²) in [5, 5.41) is 10.5. The molecule has 0 aromatic rings. The Balaban J connectivity index is 2.15.